The van der Waals surface area contributed by atoms with Crippen LogP contribution in [-0.4, -0.2) is 32.4 Å². The number of ether oxygens (including phenoxy) is 1. The fourth-order valence-corrected chi connectivity index (χ4v) is 7.37. The van der Waals surface area contributed by atoms with Crippen LogP contribution in [0.1, 0.15) is 85.0 Å². The number of phenols is 1. The van der Waals surface area contributed by atoms with Crippen molar-refractivity contribution in [3.63, 3.8) is 0 Å². The van der Waals surface area contributed by atoms with Crippen molar-refractivity contribution in [1.29, 1.82) is 0 Å². The third-order valence-corrected chi connectivity index (χ3v) is 10.3. The molecule has 244 valence electrons. The highest BCUT2D eigenvalue weighted by atomic mass is 32.2. The molecule has 0 amide bonds. The lowest BCUT2D eigenvalue weighted by Crippen LogP contribution is -2.11. The number of hydrogen-bond acceptors (Lipinski definition) is 6. The first-order chi connectivity index (χ1) is 23.1. The molecule has 0 radical (unpaired) electrons. The van der Waals surface area contributed by atoms with Crippen molar-refractivity contribution in [2.45, 2.75) is 90.1 Å². The Labute approximate surface area is 283 Å². The van der Waals surface area contributed by atoms with Gasteiger partial charge in [-0.3, -0.25) is 0 Å². The van der Waals surface area contributed by atoms with Crippen LogP contribution < -0.4 is 4.74 Å². The van der Waals surface area contributed by atoms with Gasteiger partial charge in [-0.05, 0) is 69.3 Å². The van der Waals surface area contributed by atoms with Crippen molar-refractivity contribution in [1.82, 2.24) is 15.0 Å². The predicted octanol–water partition coefficient (Wildman–Crippen LogP) is 11.9. The molecule has 1 heterocycles. The van der Waals surface area contributed by atoms with E-state index in [9.17, 15) is 5.11 Å². The average molecular weight is 646 g/mol. The Bertz CT molecular complexity index is 1910. The van der Waals surface area contributed by atoms with Gasteiger partial charge in [0.05, 0.1) is 12.2 Å². The van der Waals surface area contributed by atoms with E-state index in [1.807, 2.05) is 12.1 Å². The fourth-order valence-electron chi connectivity index (χ4n) is 6.54. The van der Waals surface area contributed by atoms with E-state index in [4.69, 9.17) is 19.7 Å². The Morgan fingerprint density at radius 1 is 0.681 bits per heavy atom. The number of hydrogen-bond donors (Lipinski definition) is 1. The molecule has 1 unspecified atom stereocenters. The molecule has 6 heteroatoms. The Morgan fingerprint density at radius 2 is 1.34 bits per heavy atom. The van der Waals surface area contributed by atoms with E-state index in [-0.39, 0.29) is 5.75 Å². The van der Waals surface area contributed by atoms with Gasteiger partial charge in [0.2, 0.25) is 0 Å². The smallest absolute Gasteiger partial charge is 0.191 e. The molecule has 0 aliphatic rings. The van der Waals surface area contributed by atoms with Gasteiger partial charge in [-0.25, -0.2) is 15.0 Å². The quantitative estimate of drug-likeness (QED) is 0.0605. The van der Waals surface area contributed by atoms with Crippen LogP contribution >= 0.6 is 11.8 Å². The number of unbranched alkanes of at least 4 members (excludes halogenated alkanes) is 6. The first kappa shape index (κ1) is 33.0. The normalized spacial score (nSPS) is 12.4. The highest BCUT2D eigenvalue weighted by Crippen LogP contribution is 2.40. The van der Waals surface area contributed by atoms with Crippen LogP contribution in [0.2, 0.25) is 0 Å². The van der Waals surface area contributed by atoms with E-state index in [0.29, 0.717) is 40.6 Å². The number of benzene rings is 5. The molecule has 0 aliphatic heterocycles. The van der Waals surface area contributed by atoms with E-state index in [1.165, 1.54) is 71.9 Å². The standard InChI is InChI=1S/C41H47N3O2S/c1-4-7-9-10-11-12-25-47-41-43-39(34-23-20-31-18-17-29-15-13-16-30-19-22-33(34)38(31)37(29)30)42-40(44-41)35-24-21-32(26-36(35)45)46-27-28(6-3)14-8-5-2/h13,15-24,26,28,45H,4-12,14,25,27H2,1-3H3. The van der Waals surface area contributed by atoms with Gasteiger partial charge >= 0.3 is 0 Å². The monoisotopic (exact) mass is 645 g/mol. The maximum atomic E-state index is 11.2. The lowest BCUT2D eigenvalue weighted by molar-refractivity contribution is 0.232. The molecule has 1 N–H and O–H groups in total. The molecular weight excluding hydrogens is 599 g/mol. The molecule has 0 aliphatic carbocycles. The van der Waals surface area contributed by atoms with Crippen molar-refractivity contribution < 1.29 is 9.84 Å². The maximum Gasteiger partial charge on any atom is 0.191 e. The minimum atomic E-state index is 0.114. The summed E-state index contributed by atoms with van der Waals surface area (Å²) < 4.78 is 6.13. The van der Waals surface area contributed by atoms with Gasteiger partial charge in [-0.15, -0.1) is 0 Å². The molecule has 6 aromatic rings. The van der Waals surface area contributed by atoms with Gasteiger partial charge in [0.1, 0.15) is 11.5 Å². The van der Waals surface area contributed by atoms with Crippen molar-refractivity contribution in [2.24, 2.45) is 5.92 Å². The van der Waals surface area contributed by atoms with Gasteiger partial charge in [0, 0.05) is 17.4 Å². The molecule has 1 atom stereocenters. The Hall–Kier alpha value is -3.90. The number of thioether (sulfide) groups is 1. The minimum absolute atomic E-state index is 0.114. The van der Waals surface area contributed by atoms with Crippen LogP contribution in [0.5, 0.6) is 11.5 Å². The minimum Gasteiger partial charge on any atom is -0.507 e. The van der Waals surface area contributed by atoms with E-state index in [2.05, 4.69) is 75.4 Å². The molecule has 0 spiro atoms. The first-order valence-corrected chi connectivity index (χ1v) is 18.6. The van der Waals surface area contributed by atoms with Gasteiger partial charge in [0.15, 0.2) is 16.8 Å². The number of aromatic hydroxyl groups is 1. The number of phenolic OH excluding ortho intramolecular Hbond substituents is 1. The highest BCUT2D eigenvalue weighted by Gasteiger charge is 2.18. The number of rotatable bonds is 17. The summed E-state index contributed by atoms with van der Waals surface area (Å²) in [7, 11) is 0. The predicted molar refractivity (Wildman–Crippen MR) is 199 cm³/mol. The molecule has 1 aromatic heterocycles. The summed E-state index contributed by atoms with van der Waals surface area (Å²) in [6.07, 6.45) is 12.1. The van der Waals surface area contributed by atoms with Gasteiger partial charge in [-0.1, -0.05) is 132 Å². The molecule has 5 nitrogen and oxygen atoms in total. The van der Waals surface area contributed by atoms with Crippen LogP contribution in [-0.2, 0) is 0 Å². The van der Waals surface area contributed by atoms with Gasteiger partial charge < -0.3 is 9.84 Å². The third kappa shape index (κ3) is 7.65. The summed E-state index contributed by atoms with van der Waals surface area (Å²) in [6.45, 7) is 7.34. The summed E-state index contributed by atoms with van der Waals surface area (Å²) in [5.74, 6) is 3.34. The second kappa shape index (κ2) is 15.8. The zero-order valence-corrected chi connectivity index (χ0v) is 28.9. The maximum absolute atomic E-state index is 11.2. The summed E-state index contributed by atoms with van der Waals surface area (Å²) >= 11 is 1.68. The topological polar surface area (TPSA) is 68.1 Å². The molecule has 0 saturated heterocycles. The van der Waals surface area contributed by atoms with Crippen molar-refractivity contribution in [2.75, 3.05) is 12.4 Å². The summed E-state index contributed by atoms with van der Waals surface area (Å²) in [5, 5.41) is 19.2. The van der Waals surface area contributed by atoms with Gasteiger partial charge in [0.25, 0.3) is 0 Å². The van der Waals surface area contributed by atoms with E-state index >= 15 is 0 Å². The lowest BCUT2D eigenvalue weighted by Gasteiger charge is -2.16. The van der Waals surface area contributed by atoms with E-state index in [1.54, 1.807) is 17.8 Å². The number of aromatic nitrogens is 3. The van der Waals surface area contributed by atoms with E-state index < -0.39 is 0 Å². The SMILES string of the molecule is CCCCCCCCSc1nc(-c2ccc(OCC(CC)CCCC)cc2O)nc(-c2ccc3ccc4cccc5ccc2c3c45)n1. The average Bonchev–Trinajstić information content (AvgIpc) is 3.10. The summed E-state index contributed by atoms with van der Waals surface area (Å²) in [4.78, 5) is 14.9. The van der Waals surface area contributed by atoms with Gasteiger partial charge in [-0.2, -0.15) is 0 Å². The zero-order chi connectivity index (χ0) is 32.6. The molecular formula is C41H47N3O2S. The third-order valence-electron chi connectivity index (χ3n) is 9.35. The molecule has 6 rings (SSSR count). The van der Waals surface area contributed by atoms with E-state index in [0.717, 1.165) is 36.0 Å². The first-order valence-electron chi connectivity index (χ1n) is 17.6. The second-order valence-corrected chi connectivity index (χ2v) is 13.8. The largest absolute Gasteiger partial charge is 0.507 e. The Morgan fingerprint density at radius 3 is 2.09 bits per heavy atom. The summed E-state index contributed by atoms with van der Waals surface area (Å²) in [5.41, 5.74) is 1.55. The molecule has 47 heavy (non-hydrogen) atoms. The molecule has 5 aromatic carbocycles. The van der Waals surface area contributed by atoms with Crippen LogP contribution in [0.15, 0.2) is 78.0 Å². The molecule has 0 bridgehead atoms. The molecule has 0 saturated carbocycles. The summed E-state index contributed by atoms with van der Waals surface area (Å²) in [6, 6.07) is 25.1. The number of nitrogens with zero attached hydrogens (tertiary/aromatic N) is 3. The van der Waals surface area contributed by atoms with Crippen LogP contribution in [0.3, 0.4) is 0 Å². The lowest BCUT2D eigenvalue weighted by atomic mass is 9.92. The Balaban J connectivity index is 1.34. The van der Waals surface area contributed by atoms with Crippen molar-refractivity contribution in [3.8, 4) is 34.3 Å². The van der Waals surface area contributed by atoms with Crippen molar-refractivity contribution in [3.05, 3.63) is 72.8 Å². The van der Waals surface area contributed by atoms with Crippen LogP contribution in [0.25, 0.3) is 55.1 Å². The highest BCUT2D eigenvalue weighted by molar-refractivity contribution is 7.99. The van der Waals surface area contributed by atoms with Crippen LogP contribution in [0, 0.1) is 5.92 Å². The zero-order valence-electron chi connectivity index (χ0n) is 28.1. The van der Waals surface area contributed by atoms with Crippen molar-refractivity contribution >= 4 is 44.1 Å². The fraction of sp³-hybridized carbons (Fsp3) is 0.390. The van der Waals surface area contributed by atoms with Crippen LogP contribution in [0.4, 0.5) is 0 Å². The second-order valence-electron chi connectivity index (χ2n) is 12.8. The Kier molecular flexibility index (Phi) is 11.1. The molecule has 0 fully saturated rings.